The molecule has 1 aromatic rings. The van der Waals surface area contributed by atoms with Crippen molar-refractivity contribution in [3.05, 3.63) is 16.1 Å². The largest absolute Gasteiger partial charge is 0.481 e. The van der Waals surface area contributed by atoms with Crippen molar-refractivity contribution in [2.24, 2.45) is 0 Å². The molecular formula is C11H14N2O3S2. The van der Waals surface area contributed by atoms with E-state index in [4.69, 9.17) is 5.11 Å². The first kappa shape index (κ1) is 13.4. The molecule has 0 spiro atoms. The molecule has 98 valence electrons. The number of aliphatic carboxylic acids is 1. The minimum absolute atomic E-state index is 0.0105. The van der Waals surface area contributed by atoms with E-state index in [0.29, 0.717) is 17.2 Å². The number of hydrogen-bond donors (Lipinski definition) is 1. The zero-order chi connectivity index (χ0) is 13.1. The van der Waals surface area contributed by atoms with Crippen molar-refractivity contribution in [3.8, 4) is 0 Å². The number of aromatic nitrogens is 1. The SMILES string of the molecule is Cc1ncsc1C(=O)N1CCSCC1CC(=O)O. The maximum atomic E-state index is 12.4. The molecule has 1 N–H and O–H groups in total. The van der Waals surface area contributed by atoms with Crippen molar-refractivity contribution in [2.45, 2.75) is 19.4 Å². The molecule has 0 bridgehead atoms. The van der Waals surface area contributed by atoms with Crippen molar-refractivity contribution in [2.75, 3.05) is 18.1 Å². The van der Waals surface area contributed by atoms with Crippen molar-refractivity contribution in [1.29, 1.82) is 0 Å². The Kier molecular flexibility index (Phi) is 4.23. The molecule has 0 radical (unpaired) electrons. The molecule has 1 unspecified atom stereocenters. The molecule has 0 aliphatic carbocycles. The second-order valence-corrected chi connectivity index (χ2v) is 6.10. The van der Waals surface area contributed by atoms with E-state index in [1.54, 1.807) is 29.1 Å². The van der Waals surface area contributed by atoms with Crippen LogP contribution in [0.15, 0.2) is 5.51 Å². The van der Waals surface area contributed by atoms with Gasteiger partial charge in [-0.1, -0.05) is 0 Å². The third kappa shape index (κ3) is 2.84. The molecule has 1 amide bonds. The van der Waals surface area contributed by atoms with Crippen LogP contribution in [0.3, 0.4) is 0 Å². The van der Waals surface area contributed by atoms with Crippen molar-refractivity contribution < 1.29 is 14.7 Å². The fraction of sp³-hybridized carbons (Fsp3) is 0.545. The minimum atomic E-state index is -0.860. The smallest absolute Gasteiger partial charge is 0.305 e. The van der Waals surface area contributed by atoms with Gasteiger partial charge in [-0.15, -0.1) is 11.3 Å². The molecule has 0 saturated carbocycles. The Morgan fingerprint density at radius 3 is 3.00 bits per heavy atom. The van der Waals surface area contributed by atoms with Crippen LogP contribution in [0.1, 0.15) is 21.8 Å². The Hall–Kier alpha value is -1.08. The van der Waals surface area contributed by atoms with Gasteiger partial charge in [-0.3, -0.25) is 9.59 Å². The predicted octanol–water partition coefficient (Wildman–Crippen LogP) is 1.48. The Morgan fingerprint density at radius 1 is 1.61 bits per heavy atom. The lowest BCUT2D eigenvalue weighted by Gasteiger charge is -2.34. The second-order valence-electron chi connectivity index (χ2n) is 4.09. The molecular weight excluding hydrogens is 272 g/mol. The molecule has 1 aliphatic rings. The summed E-state index contributed by atoms with van der Waals surface area (Å²) in [4.78, 5) is 29.6. The number of rotatable bonds is 3. The molecule has 1 aromatic heterocycles. The predicted molar refractivity (Wildman–Crippen MR) is 71.3 cm³/mol. The van der Waals surface area contributed by atoms with E-state index in [2.05, 4.69) is 4.98 Å². The number of aryl methyl sites for hydroxylation is 1. The summed E-state index contributed by atoms with van der Waals surface area (Å²) in [6, 6.07) is -0.213. The molecule has 1 aliphatic heterocycles. The normalized spacial score (nSPS) is 19.8. The van der Waals surface area contributed by atoms with E-state index in [1.165, 1.54) is 11.3 Å². The summed E-state index contributed by atoms with van der Waals surface area (Å²) in [6.45, 7) is 2.41. The van der Waals surface area contributed by atoms with Gasteiger partial charge in [-0.2, -0.15) is 11.8 Å². The van der Waals surface area contributed by atoms with E-state index in [1.807, 2.05) is 0 Å². The van der Waals surface area contributed by atoms with E-state index in [9.17, 15) is 9.59 Å². The highest BCUT2D eigenvalue weighted by molar-refractivity contribution is 7.99. The van der Waals surface area contributed by atoms with Crippen LogP contribution in [-0.2, 0) is 4.79 Å². The molecule has 2 rings (SSSR count). The van der Waals surface area contributed by atoms with E-state index < -0.39 is 5.97 Å². The highest BCUT2D eigenvalue weighted by Crippen LogP contribution is 2.23. The van der Waals surface area contributed by atoms with Gasteiger partial charge in [0.25, 0.3) is 5.91 Å². The van der Waals surface area contributed by atoms with Crippen LogP contribution in [0.5, 0.6) is 0 Å². The summed E-state index contributed by atoms with van der Waals surface area (Å²) in [5.41, 5.74) is 2.37. The van der Waals surface area contributed by atoms with Gasteiger partial charge in [0.05, 0.1) is 23.7 Å². The third-order valence-corrected chi connectivity index (χ3v) is 4.85. The Bertz CT molecular complexity index is 461. The maximum Gasteiger partial charge on any atom is 0.305 e. The highest BCUT2D eigenvalue weighted by Gasteiger charge is 2.30. The first-order valence-electron chi connectivity index (χ1n) is 5.60. The van der Waals surface area contributed by atoms with Crippen LogP contribution in [0.2, 0.25) is 0 Å². The number of carbonyl (C=O) groups excluding carboxylic acids is 1. The van der Waals surface area contributed by atoms with Crippen LogP contribution < -0.4 is 0 Å². The number of nitrogens with zero attached hydrogens (tertiary/aromatic N) is 2. The van der Waals surface area contributed by atoms with Gasteiger partial charge in [-0.25, -0.2) is 4.98 Å². The van der Waals surface area contributed by atoms with Crippen LogP contribution >= 0.6 is 23.1 Å². The number of carboxylic acids is 1. The number of amides is 1. The summed E-state index contributed by atoms with van der Waals surface area (Å²) < 4.78 is 0. The van der Waals surface area contributed by atoms with Crippen molar-refractivity contribution in [1.82, 2.24) is 9.88 Å². The molecule has 1 fully saturated rings. The number of carboxylic acid groups (broad SMARTS) is 1. The number of carbonyl (C=O) groups is 2. The fourth-order valence-corrected chi connectivity index (χ4v) is 3.75. The number of hydrogen-bond acceptors (Lipinski definition) is 5. The number of thiazole rings is 1. The molecule has 1 atom stereocenters. The lowest BCUT2D eigenvalue weighted by molar-refractivity contribution is -0.138. The van der Waals surface area contributed by atoms with Crippen LogP contribution in [0.4, 0.5) is 0 Å². The van der Waals surface area contributed by atoms with E-state index >= 15 is 0 Å². The highest BCUT2D eigenvalue weighted by atomic mass is 32.2. The first-order valence-corrected chi connectivity index (χ1v) is 7.63. The molecule has 18 heavy (non-hydrogen) atoms. The standard InChI is InChI=1S/C11H14N2O3S2/c1-7-10(18-6-12-7)11(16)13-2-3-17-5-8(13)4-9(14)15/h6,8H,2-5H2,1H3,(H,14,15). The van der Waals surface area contributed by atoms with Crippen LogP contribution in [-0.4, -0.2) is 51.0 Å². The van der Waals surface area contributed by atoms with Gasteiger partial charge in [0, 0.05) is 18.1 Å². The summed E-state index contributed by atoms with van der Waals surface area (Å²) in [6.07, 6.45) is 0.0105. The van der Waals surface area contributed by atoms with E-state index in [-0.39, 0.29) is 18.4 Å². The second kappa shape index (κ2) is 5.71. The summed E-state index contributed by atoms with van der Waals surface area (Å²) in [5, 5.41) is 8.89. The van der Waals surface area contributed by atoms with Gasteiger partial charge < -0.3 is 10.0 Å². The zero-order valence-electron chi connectivity index (χ0n) is 9.96. The average Bonchev–Trinajstić information content (AvgIpc) is 2.74. The first-order chi connectivity index (χ1) is 8.59. The van der Waals surface area contributed by atoms with Gasteiger partial charge >= 0.3 is 5.97 Å². The summed E-state index contributed by atoms with van der Waals surface area (Å²) in [7, 11) is 0. The summed E-state index contributed by atoms with van der Waals surface area (Å²) in [5.74, 6) is 0.609. The van der Waals surface area contributed by atoms with Crippen molar-refractivity contribution >= 4 is 35.0 Å². The minimum Gasteiger partial charge on any atom is -0.481 e. The topological polar surface area (TPSA) is 70.5 Å². The van der Waals surface area contributed by atoms with Gasteiger partial charge in [0.1, 0.15) is 4.88 Å². The van der Waals surface area contributed by atoms with Gasteiger partial charge in [0.2, 0.25) is 0 Å². The Morgan fingerprint density at radius 2 is 2.39 bits per heavy atom. The van der Waals surface area contributed by atoms with Gasteiger partial charge in [0.15, 0.2) is 0 Å². The molecule has 1 saturated heterocycles. The molecule has 2 heterocycles. The maximum absolute atomic E-state index is 12.4. The van der Waals surface area contributed by atoms with Gasteiger partial charge in [-0.05, 0) is 6.92 Å². The van der Waals surface area contributed by atoms with Crippen LogP contribution in [0, 0.1) is 6.92 Å². The van der Waals surface area contributed by atoms with Crippen LogP contribution in [0.25, 0.3) is 0 Å². The number of thioether (sulfide) groups is 1. The Labute approximate surface area is 113 Å². The van der Waals surface area contributed by atoms with Crippen molar-refractivity contribution in [3.63, 3.8) is 0 Å². The quantitative estimate of drug-likeness (QED) is 0.911. The van der Waals surface area contributed by atoms with E-state index in [0.717, 1.165) is 11.4 Å². The molecule has 7 heteroatoms. The zero-order valence-corrected chi connectivity index (χ0v) is 11.6. The summed E-state index contributed by atoms with van der Waals surface area (Å²) >= 11 is 3.01. The monoisotopic (exact) mass is 286 g/mol. The fourth-order valence-electron chi connectivity index (χ4n) is 1.93. The lowest BCUT2D eigenvalue weighted by Crippen LogP contribution is -2.47. The average molecular weight is 286 g/mol. The molecule has 0 aromatic carbocycles. The third-order valence-electron chi connectivity index (χ3n) is 2.84. The molecule has 5 nitrogen and oxygen atoms in total. The Balaban J connectivity index is 2.16. The lowest BCUT2D eigenvalue weighted by atomic mass is 10.2.